The summed E-state index contributed by atoms with van der Waals surface area (Å²) in [5, 5.41) is 20.5. The summed E-state index contributed by atoms with van der Waals surface area (Å²) in [6.45, 7) is 5.72. The van der Waals surface area contributed by atoms with Crippen molar-refractivity contribution in [1.82, 2.24) is 20.1 Å². The van der Waals surface area contributed by atoms with Crippen LogP contribution in [0.4, 0.5) is 17.5 Å². The minimum absolute atomic E-state index is 0.0134. The van der Waals surface area contributed by atoms with Crippen molar-refractivity contribution in [2.75, 3.05) is 17.2 Å². The summed E-state index contributed by atoms with van der Waals surface area (Å²) >= 11 is 3.63. The average Bonchev–Trinajstić information content (AvgIpc) is 3.34. The van der Waals surface area contributed by atoms with Crippen LogP contribution in [0.25, 0.3) is 11.5 Å². The lowest BCUT2D eigenvalue weighted by Crippen LogP contribution is -2.17. The van der Waals surface area contributed by atoms with Crippen LogP contribution in [0.5, 0.6) is 0 Å². The maximum atomic E-state index is 11.2. The molecule has 0 aliphatic rings. The highest BCUT2D eigenvalue weighted by Gasteiger charge is 2.24. The first kappa shape index (κ1) is 25.7. The number of rotatable bonds is 8. The maximum Gasteiger partial charge on any atom is 0.263 e. The lowest BCUT2D eigenvalue weighted by Gasteiger charge is -2.19. The molecule has 2 atom stereocenters. The van der Waals surface area contributed by atoms with Gasteiger partial charge in [-0.1, -0.05) is 67.9 Å². The van der Waals surface area contributed by atoms with E-state index in [0.717, 1.165) is 5.56 Å². The number of hydrogen-bond donors (Lipinski definition) is 3. The molecule has 0 aliphatic carbocycles. The number of aliphatic hydroxyl groups excluding tert-OH is 1. The summed E-state index contributed by atoms with van der Waals surface area (Å²) < 4.78 is 28.0. The lowest BCUT2D eigenvalue weighted by atomic mass is 9.96. The number of aromatic nitrogens is 4. The Morgan fingerprint density at radius 1 is 1.17 bits per heavy atom. The van der Waals surface area contributed by atoms with E-state index in [4.69, 9.17) is 16.1 Å². The van der Waals surface area contributed by atoms with Crippen LogP contribution in [0.15, 0.2) is 64.1 Å². The first-order valence-corrected chi connectivity index (χ1v) is 12.4. The molecule has 2 aromatic heterocycles. The number of hydrogen-bond acceptors (Lipinski definition) is 10. The van der Waals surface area contributed by atoms with E-state index in [0.29, 0.717) is 22.9 Å². The van der Waals surface area contributed by atoms with E-state index < -0.39 is 17.1 Å². The number of nitrogens with one attached hydrogen (secondary N) is 2. The third kappa shape index (κ3) is 5.88. The van der Waals surface area contributed by atoms with Gasteiger partial charge in [-0.3, -0.25) is 4.21 Å². The molecule has 2 aromatic carbocycles. The fourth-order valence-electron chi connectivity index (χ4n) is 3.27. The van der Waals surface area contributed by atoms with Gasteiger partial charge in [0.15, 0.2) is 5.82 Å². The highest BCUT2D eigenvalue weighted by atomic mass is 35.5. The molecule has 3 N–H and O–H groups in total. The Morgan fingerprint density at radius 2 is 1.92 bits per heavy atom. The van der Waals surface area contributed by atoms with E-state index in [9.17, 15) is 13.9 Å². The Bertz CT molecular complexity index is 1380. The van der Waals surface area contributed by atoms with E-state index >= 15 is 0 Å². The number of benzene rings is 2. The molecule has 0 radical (unpaired) electrons. The summed E-state index contributed by atoms with van der Waals surface area (Å²) in [6.07, 6.45) is 1.53. The molecule has 1 unspecified atom stereocenters. The first-order chi connectivity index (χ1) is 17.2. The quantitative estimate of drug-likeness (QED) is 0.277. The summed E-state index contributed by atoms with van der Waals surface area (Å²) in [4.78, 5) is 13.4. The molecule has 4 aromatic rings. The number of halogens is 1. The zero-order valence-corrected chi connectivity index (χ0v) is 21.3. The molecular weight excluding hydrogens is 504 g/mol. The van der Waals surface area contributed by atoms with Crippen molar-refractivity contribution in [3.8, 4) is 11.5 Å². The van der Waals surface area contributed by atoms with E-state index in [1.165, 1.54) is 18.3 Å². The van der Waals surface area contributed by atoms with Gasteiger partial charge in [0, 0.05) is 22.2 Å². The molecule has 36 heavy (non-hydrogen) atoms. The van der Waals surface area contributed by atoms with Crippen LogP contribution < -0.4 is 10.6 Å². The van der Waals surface area contributed by atoms with Gasteiger partial charge in [-0.05, 0) is 34.8 Å². The second kappa shape index (κ2) is 10.7. The van der Waals surface area contributed by atoms with Gasteiger partial charge in [0.05, 0.1) is 17.7 Å². The largest absolute Gasteiger partial charge is 0.768 e. The van der Waals surface area contributed by atoms with Gasteiger partial charge < -0.3 is 24.8 Å². The normalized spacial score (nSPS) is 13.3. The van der Waals surface area contributed by atoms with Crippen LogP contribution in [0.1, 0.15) is 38.2 Å². The van der Waals surface area contributed by atoms with Gasteiger partial charge in [-0.2, -0.15) is 9.97 Å². The van der Waals surface area contributed by atoms with Crippen LogP contribution >= 0.6 is 11.6 Å². The van der Waals surface area contributed by atoms with E-state index in [-0.39, 0.29) is 33.8 Å². The van der Waals surface area contributed by atoms with Gasteiger partial charge in [0.25, 0.3) is 5.89 Å². The molecule has 188 valence electrons. The molecule has 0 amide bonds. The van der Waals surface area contributed by atoms with Gasteiger partial charge in [0.1, 0.15) is 11.4 Å². The SMILES string of the molecule is CC(C)(C)c1noc(-c2cnc(Nc3ccc(S(=O)[O-])c(Cl)c3)nc2N[C@H](CO)c2ccccc2)n1. The summed E-state index contributed by atoms with van der Waals surface area (Å²) in [6, 6.07) is 13.3. The Balaban J connectivity index is 1.72. The molecule has 0 aliphatic heterocycles. The fraction of sp³-hybridized carbons (Fsp3) is 0.250. The Hall–Kier alpha value is -3.38. The molecule has 10 nitrogen and oxygen atoms in total. The second-order valence-corrected chi connectivity index (χ2v) is 10.2. The van der Waals surface area contributed by atoms with E-state index in [1.807, 2.05) is 51.1 Å². The summed E-state index contributed by atoms with van der Waals surface area (Å²) in [5.41, 5.74) is 1.47. The van der Waals surface area contributed by atoms with Crippen LogP contribution in [0, 0.1) is 0 Å². The third-order valence-corrected chi connectivity index (χ3v) is 6.32. The van der Waals surface area contributed by atoms with E-state index in [1.54, 1.807) is 6.07 Å². The molecule has 0 saturated heterocycles. The van der Waals surface area contributed by atoms with Crippen LogP contribution in [-0.4, -0.2) is 40.6 Å². The summed E-state index contributed by atoms with van der Waals surface area (Å²) in [7, 11) is 0. The fourth-order valence-corrected chi connectivity index (χ4v) is 4.04. The van der Waals surface area contributed by atoms with Crippen molar-refractivity contribution >= 4 is 40.1 Å². The highest BCUT2D eigenvalue weighted by molar-refractivity contribution is 7.79. The molecule has 4 rings (SSSR count). The Morgan fingerprint density at radius 3 is 2.53 bits per heavy atom. The Labute approximate surface area is 215 Å². The number of aliphatic hydroxyl groups is 1. The van der Waals surface area contributed by atoms with Crippen molar-refractivity contribution in [1.29, 1.82) is 0 Å². The maximum absolute atomic E-state index is 11.2. The molecule has 2 heterocycles. The zero-order valence-electron chi connectivity index (χ0n) is 19.7. The van der Waals surface area contributed by atoms with Gasteiger partial charge in [-0.25, -0.2) is 4.98 Å². The van der Waals surface area contributed by atoms with Gasteiger partial charge in [0.2, 0.25) is 5.95 Å². The topological polar surface area (TPSA) is 149 Å². The highest BCUT2D eigenvalue weighted by Crippen LogP contribution is 2.31. The van der Waals surface area contributed by atoms with Crippen LogP contribution in [-0.2, 0) is 16.5 Å². The van der Waals surface area contributed by atoms with Crippen molar-refractivity contribution in [3.05, 3.63) is 71.1 Å². The molecule has 0 saturated carbocycles. The first-order valence-electron chi connectivity index (χ1n) is 11.0. The number of anilines is 3. The molecule has 0 fully saturated rings. The predicted octanol–water partition coefficient (Wildman–Crippen LogP) is 4.60. The zero-order chi connectivity index (χ0) is 25.9. The summed E-state index contributed by atoms with van der Waals surface area (Å²) in [5.74, 6) is 1.30. The number of nitrogens with zero attached hydrogens (tertiary/aromatic N) is 4. The molecule has 0 spiro atoms. The molecule has 0 bridgehead atoms. The minimum Gasteiger partial charge on any atom is -0.768 e. The second-order valence-electron chi connectivity index (χ2n) is 8.92. The Kier molecular flexibility index (Phi) is 7.65. The van der Waals surface area contributed by atoms with Crippen LogP contribution in [0.3, 0.4) is 0 Å². The van der Waals surface area contributed by atoms with Crippen molar-refractivity contribution in [2.45, 2.75) is 37.1 Å². The standard InChI is InChI=1S/C24H25ClN6O4S/c1-24(2,3)22-30-21(35-31-22)16-12-26-23(27-15-9-10-19(36(33)34)17(25)11-15)29-20(16)28-18(13-32)14-7-5-4-6-8-14/h4-12,18,32H,13H2,1-3H3,(H,33,34)(H2,26,27,28,29)/p-1/t18-/m1/s1. The van der Waals surface area contributed by atoms with Crippen LogP contribution in [0.2, 0.25) is 5.02 Å². The molecular formula is C24H24ClN6O4S-. The van der Waals surface area contributed by atoms with E-state index in [2.05, 4.69) is 30.7 Å². The van der Waals surface area contributed by atoms with Crippen molar-refractivity contribution in [3.63, 3.8) is 0 Å². The lowest BCUT2D eigenvalue weighted by molar-refractivity contribution is 0.276. The predicted molar refractivity (Wildman–Crippen MR) is 136 cm³/mol. The smallest absolute Gasteiger partial charge is 0.263 e. The van der Waals surface area contributed by atoms with Gasteiger partial charge >= 0.3 is 0 Å². The monoisotopic (exact) mass is 527 g/mol. The van der Waals surface area contributed by atoms with Crippen molar-refractivity contribution < 1.29 is 18.4 Å². The van der Waals surface area contributed by atoms with Gasteiger partial charge in [-0.15, -0.1) is 0 Å². The minimum atomic E-state index is -2.45. The average molecular weight is 528 g/mol. The third-order valence-electron chi connectivity index (χ3n) is 5.18. The molecule has 12 heteroatoms. The van der Waals surface area contributed by atoms with Crippen molar-refractivity contribution in [2.24, 2.45) is 0 Å².